The van der Waals surface area contributed by atoms with Gasteiger partial charge in [-0.2, -0.15) is 4.98 Å². The summed E-state index contributed by atoms with van der Waals surface area (Å²) in [5.41, 5.74) is 1.17. The number of sulfonamides is 1. The second-order valence-corrected chi connectivity index (χ2v) is 8.18. The van der Waals surface area contributed by atoms with Gasteiger partial charge in [-0.1, -0.05) is 23.4 Å². The molecule has 0 bridgehead atoms. The van der Waals surface area contributed by atoms with E-state index < -0.39 is 15.8 Å². The molecular formula is C19H18N4O5S. The fourth-order valence-electron chi connectivity index (χ4n) is 3.12. The summed E-state index contributed by atoms with van der Waals surface area (Å²) in [6.07, 6.45) is 0. The lowest BCUT2D eigenvalue weighted by Gasteiger charge is -2.22. The van der Waals surface area contributed by atoms with Gasteiger partial charge in [0.1, 0.15) is 0 Å². The van der Waals surface area contributed by atoms with Crippen LogP contribution in [0.4, 0.5) is 5.69 Å². The van der Waals surface area contributed by atoms with Crippen molar-refractivity contribution in [1.29, 1.82) is 0 Å². The van der Waals surface area contributed by atoms with E-state index in [9.17, 15) is 13.2 Å². The summed E-state index contributed by atoms with van der Waals surface area (Å²) in [4.78, 5) is 16.4. The molecule has 0 radical (unpaired) electrons. The molecule has 0 spiro atoms. The van der Waals surface area contributed by atoms with Crippen molar-refractivity contribution in [1.82, 2.24) is 14.7 Å². The maximum atomic E-state index is 13.2. The molecule has 0 saturated heterocycles. The molecule has 29 heavy (non-hydrogen) atoms. The van der Waals surface area contributed by atoms with Gasteiger partial charge < -0.3 is 8.94 Å². The first kappa shape index (κ1) is 18.9. The summed E-state index contributed by atoms with van der Waals surface area (Å²) < 4.78 is 39.1. The molecule has 0 amide bonds. The highest BCUT2D eigenvalue weighted by atomic mass is 32.2. The van der Waals surface area contributed by atoms with Gasteiger partial charge in [-0.15, -0.1) is 0 Å². The Morgan fingerprint density at radius 3 is 2.55 bits per heavy atom. The first-order chi connectivity index (χ1) is 13.9. The largest absolute Gasteiger partial charge is 0.420 e. The molecule has 0 aliphatic carbocycles. The Balaban J connectivity index is 1.75. The Labute approximate surface area is 166 Å². The average molecular weight is 414 g/mol. The molecule has 0 aliphatic heterocycles. The van der Waals surface area contributed by atoms with Crippen LogP contribution in [0.5, 0.6) is 0 Å². The zero-order chi connectivity index (χ0) is 20.6. The molecule has 9 nitrogen and oxygen atoms in total. The normalized spacial score (nSPS) is 11.8. The number of benzene rings is 2. The summed E-state index contributed by atoms with van der Waals surface area (Å²) in [6.45, 7) is 3.72. The molecule has 4 aromatic rings. The van der Waals surface area contributed by atoms with Crippen molar-refractivity contribution in [3.05, 3.63) is 70.8 Å². The van der Waals surface area contributed by atoms with Crippen molar-refractivity contribution in [2.75, 3.05) is 10.8 Å². The minimum absolute atomic E-state index is 0.0343. The minimum Gasteiger partial charge on any atom is -0.408 e. The van der Waals surface area contributed by atoms with Gasteiger partial charge in [-0.05, 0) is 31.2 Å². The van der Waals surface area contributed by atoms with E-state index in [2.05, 4.69) is 10.1 Å². The number of oxazole rings is 1. The van der Waals surface area contributed by atoms with Crippen molar-refractivity contribution < 1.29 is 17.4 Å². The van der Waals surface area contributed by atoms with Crippen molar-refractivity contribution in [3.63, 3.8) is 0 Å². The van der Waals surface area contributed by atoms with Crippen LogP contribution in [0.3, 0.4) is 0 Å². The maximum absolute atomic E-state index is 13.2. The molecule has 0 fully saturated rings. The van der Waals surface area contributed by atoms with Crippen LogP contribution in [0.2, 0.25) is 0 Å². The van der Waals surface area contributed by atoms with Crippen molar-refractivity contribution in [2.45, 2.75) is 25.3 Å². The lowest BCUT2D eigenvalue weighted by molar-refractivity contribution is 0.385. The monoisotopic (exact) mass is 414 g/mol. The predicted molar refractivity (Wildman–Crippen MR) is 105 cm³/mol. The van der Waals surface area contributed by atoms with Crippen LogP contribution in [0.15, 0.2) is 67.2 Å². The highest BCUT2D eigenvalue weighted by Gasteiger charge is 2.25. The van der Waals surface area contributed by atoms with Crippen molar-refractivity contribution >= 4 is 26.8 Å². The van der Waals surface area contributed by atoms with Gasteiger partial charge in [0.15, 0.2) is 11.4 Å². The number of fused-ring (bicyclic) bond motifs is 1. The smallest absolute Gasteiger partial charge is 0.408 e. The average Bonchev–Trinajstić information content (AvgIpc) is 3.25. The van der Waals surface area contributed by atoms with Crippen LogP contribution in [-0.4, -0.2) is 29.7 Å². The molecule has 0 unspecified atom stereocenters. The molecule has 0 aliphatic rings. The van der Waals surface area contributed by atoms with Gasteiger partial charge in [0.2, 0.25) is 5.89 Å². The zero-order valence-electron chi connectivity index (χ0n) is 15.8. The summed E-state index contributed by atoms with van der Waals surface area (Å²) in [5, 5.41) is 3.77. The predicted octanol–water partition coefficient (Wildman–Crippen LogP) is 2.55. The molecular weight excluding hydrogens is 396 g/mol. The third kappa shape index (κ3) is 3.42. The molecule has 2 heterocycles. The molecule has 0 saturated carbocycles. The molecule has 2 aromatic heterocycles. The summed E-state index contributed by atoms with van der Waals surface area (Å²) in [6, 6.07) is 13.2. The molecule has 0 N–H and O–H groups in total. The van der Waals surface area contributed by atoms with Gasteiger partial charge in [0.05, 0.1) is 22.6 Å². The fourth-order valence-corrected chi connectivity index (χ4v) is 4.61. The standard InChI is InChI=1S/C19H18N4O5S/c1-3-23(14-7-5-4-6-8-14)29(25,26)15-9-10-16-17(11-15)27-19(24)22(16)12-18-20-13(2)28-21-18/h4-11H,3,12H2,1-2H3. The second-order valence-electron chi connectivity index (χ2n) is 6.32. The minimum atomic E-state index is -3.83. The number of aromatic nitrogens is 3. The van der Waals surface area contributed by atoms with Crippen LogP contribution in [0.25, 0.3) is 11.1 Å². The van der Waals surface area contributed by atoms with E-state index in [-0.39, 0.29) is 23.6 Å². The Kier molecular flexibility index (Phi) is 4.71. The van der Waals surface area contributed by atoms with Gasteiger partial charge in [-0.3, -0.25) is 8.87 Å². The second kappa shape index (κ2) is 7.21. The number of para-hydroxylation sites is 1. The van der Waals surface area contributed by atoms with E-state index in [0.29, 0.717) is 22.9 Å². The summed E-state index contributed by atoms with van der Waals surface area (Å²) in [5.74, 6) is 0.0763. The SMILES string of the molecule is CCN(c1ccccc1)S(=O)(=O)c1ccc2c(c1)oc(=O)n2Cc1noc(C)n1. The number of nitrogens with zero attached hydrogens (tertiary/aromatic N) is 4. The van der Waals surface area contributed by atoms with Crippen molar-refractivity contribution in [2.24, 2.45) is 0 Å². The quantitative estimate of drug-likeness (QED) is 0.477. The summed E-state index contributed by atoms with van der Waals surface area (Å²) in [7, 11) is -3.83. The van der Waals surface area contributed by atoms with E-state index >= 15 is 0 Å². The summed E-state index contributed by atoms with van der Waals surface area (Å²) >= 11 is 0. The van der Waals surface area contributed by atoms with Crippen molar-refractivity contribution in [3.8, 4) is 0 Å². The fraction of sp³-hybridized carbons (Fsp3) is 0.211. The first-order valence-electron chi connectivity index (χ1n) is 8.90. The van der Waals surface area contributed by atoms with Crippen LogP contribution in [-0.2, 0) is 16.6 Å². The molecule has 150 valence electrons. The maximum Gasteiger partial charge on any atom is 0.420 e. The van der Waals surface area contributed by atoms with Gasteiger partial charge in [-0.25, -0.2) is 13.2 Å². The topological polar surface area (TPSA) is 111 Å². The van der Waals surface area contributed by atoms with E-state index in [1.165, 1.54) is 21.0 Å². The Bertz CT molecular complexity index is 1320. The number of rotatable bonds is 6. The van der Waals surface area contributed by atoms with E-state index in [1.54, 1.807) is 44.2 Å². The molecule has 10 heteroatoms. The lowest BCUT2D eigenvalue weighted by Crippen LogP contribution is -2.30. The first-order valence-corrected chi connectivity index (χ1v) is 10.3. The Hall–Kier alpha value is -3.40. The van der Waals surface area contributed by atoms with Crippen LogP contribution < -0.4 is 10.1 Å². The van der Waals surface area contributed by atoms with Gasteiger partial charge in [0, 0.05) is 19.5 Å². The van der Waals surface area contributed by atoms with E-state index in [0.717, 1.165) is 0 Å². The Morgan fingerprint density at radius 2 is 1.90 bits per heavy atom. The number of hydrogen-bond donors (Lipinski definition) is 0. The van der Waals surface area contributed by atoms with Gasteiger partial charge >= 0.3 is 5.76 Å². The van der Waals surface area contributed by atoms with Crippen LogP contribution in [0.1, 0.15) is 18.6 Å². The molecule has 4 rings (SSSR count). The van der Waals surface area contributed by atoms with Crippen LogP contribution in [0, 0.1) is 6.92 Å². The third-order valence-electron chi connectivity index (χ3n) is 4.43. The number of anilines is 1. The van der Waals surface area contributed by atoms with E-state index in [1.807, 2.05) is 6.07 Å². The molecule has 0 atom stereocenters. The third-order valence-corrected chi connectivity index (χ3v) is 6.33. The Morgan fingerprint density at radius 1 is 1.14 bits per heavy atom. The highest BCUT2D eigenvalue weighted by Crippen LogP contribution is 2.26. The zero-order valence-corrected chi connectivity index (χ0v) is 16.6. The molecule has 2 aromatic carbocycles. The lowest BCUT2D eigenvalue weighted by atomic mass is 10.3. The van der Waals surface area contributed by atoms with Gasteiger partial charge in [0.25, 0.3) is 10.0 Å². The number of aryl methyl sites for hydroxylation is 1. The van der Waals surface area contributed by atoms with Crippen LogP contribution >= 0.6 is 0 Å². The van der Waals surface area contributed by atoms with E-state index in [4.69, 9.17) is 8.94 Å². The number of hydrogen-bond acceptors (Lipinski definition) is 7. The highest BCUT2D eigenvalue weighted by molar-refractivity contribution is 7.92.